The van der Waals surface area contributed by atoms with E-state index in [1.807, 2.05) is 20.8 Å². The van der Waals surface area contributed by atoms with Crippen molar-refractivity contribution in [2.45, 2.75) is 84.8 Å². The molecule has 0 bridgehead atoms. The van der Waals surface area contributed by atoms with Crippen LogP contribution >= 0.6 is 0 Å². The van der Waals surface area contributed by atoms with E-state index in [-0.39, 0.29) is 11.6 Å². The van der Waals surface area contributed by atoms with E-state index in [0.29, 0.717) is 24.4 Å². The van der Waals surface area contributed by atoms with E-state index in [1.165, 1.54) is 19.3 Å². The minimum atomic E-state index is -0.372. The number of rotatable bonds is 7. The molecule has 1 aliphatic rings. The summed E-state index contributed by atoms with van der Waals surface area (Å²) in [6.07, 6.45) is 6.48. The maximum atomic E-state index is 11.7. The van der Waals surface area contributed by atoms with Crippen molar-refractivity contribution in [3.63, 3.8) is 0 Å². The SMILES string of the molecule is CC(C)CC(CCCC(=O)OC(C)(C)C)C1CCCO1. The van der Waals surface area contributed by atoms with Gasteiger partial charge in [-0.25, -0.2) is 0 Å². The highest BCUT2D eigenvalue weighted by Crippen LogP contribution is 2.29. The van der Waals surface area contributed by atoms with Crippen LogP contribution in [-0.4, -0.2) is 24.3 Å². The molecule has 0 aliphatic carbocycles. The van der Waals surface area contributed by atoms with Crippen molar-refractivity contribution >= 4 is 5.97 Å². The summed E-state index contributed by atoms with van der Waals surface area (Å²) in [6, 6.07) is 0. The molecule has 1 rings (SSSR count). The number of carbonyl (C=O) groups excluding carboxylic acids is 1. The van der Waals surface area contributed by atoms with Crippen LogP contribution < -0.4 is 0 Å². The van der Waals surface area contributed by atoms with Gasteiger partial charge in [0.25, 0.3) is 0 Å². The van der Waals surface area contributed by atoms with Crippen molar-refractivity contribution in [2.75, 3.05) is 6.61 Å². The van der Waals surface area contributed by atoms with Crippen LogP contribution in [0.5, 0.6) is 0 Å². The molecule has 0 amide bonds. The highest BCUT2D eigenvalue weighted by atomic mass is 16.6. The quantitative estimate of drug-likeness (QED) is 0.652. The van der Waals surface area contributed by atoms with Crippen LogP contribution in [0.25, 0.3) is 0 Å². The Bertz CT molecular complexity index is 285. The largest absolute Gasteiger partial charge is 0.460 e. The van der Waals surface area contributed by atoms with Gasteiger partial charge in [-0.1, -0.05) is 13.8 Å². The Morgan fingerprint density at radius 3 is 2.55 bits per heavy atom. The zero-order valence-corrected chi connectivity index (χ0v) is 13.9. The summed E-state index contributed by atoms with van der Waals surface area (Å²) in [5, 5.41) is 0. The Kier molecular flexibility index (Phi) is 7.01. The van der Waals surface area contributed by atoms with Gasteiger partial charge in [0, 0.05) is 13.0 Å². The lowest BCUT2D eigenvalue weighted by molar-refractivity contribution is -0.155. The van der Waals surface area contributed by atoms with Crippen molar-refractivity contribution in [3.05, 3.63) is 0 Å². The molecule has 0 N–H and O–H groups in total. The molecule has 1 fully saturated rings. The molecule has 118 valence electrons. The summed E-state index contributed by atoms with van der Waals surface area (Å²) < 4.78 is 11.2. The van der Waals surface area contributed by atoms with E-state index in [2.05, 4.69) is 13.8 Å². The van der Waals surface area contributed by atoms with Crippen LogP contribution in [0, 0.1) is 11.8 Å². The second kappa shape index (κ2) is 8.02. The minimum absolute atomic E-state index is 0.0758. The van der Waals surface area contributed by atoms with E-state index < -0.39 is 0 Å². The molecule has 0 radical (unpaired) electrons. The first-order chi connectivity index (χ1) is 9.28. The van der Waals surface area contributed by atoms with Crippen LogP contribution in [-0.2, 0) is 14.3 Å². The van der Waals surface area contributed by atoms with Gasteiger partial charge in [0.15, 0.2) is 0 Å². The van der Waals surface area contributed by atoms with Crippen molar-refractivity contribution in [2.24, 2.45) is 11.8 Å². The molecule has 2 atom stereocenters. The summed E-state index contributed by atoms with van der Waals surface area (Å²) in [5.41, 5.74) is -0.372. The standard InChI is InChI=1S/C17H32O3/c1-13(2)12-14(15-9-7-11-19-15)8-6-10-16(18)20-17(3,4)5/h13-15H,6-12H2,1-5H3. The molecular formula is C17H32O3. The fraction of sp³-hybridized carbons (Fsp3) is 0.941. The molecule has 0 saturated carbocycles. The zero-order valence-electron chi connectivity index (χ0n) is 13.9. The second-order valence-electron chi connectivity index (χ2n) is 7.42. The molecule has 1 aliphatic heterocycles. The van der Waals surface area contributed by atoms with Crippen LogP contribution in [0.4, 0.5) is 0 Å². The molecule has 0 aromatic carbocycles. The van der Waals surface area contributed by atoms with E-state index in [4.69, 9.17) is 9.47 Å². The molecule has 0 spiro atoms. The summed E-state index contributed by atoms with van der Waals surface area (Å²) in [5.74, 6) is 1.21. The molecule has 3 heteroatoms. The molecule has 20 heavy (non-hydrogen) atoms. The van der Waals surface area contributed by atoms with Gasteiger partial charge in [-0.2, -0.15) is 0 Å². The normalized spacial score (nSPS) is 21.2. The lowest BCUT2D eigenvalue weighted by atomic mass is 9.86. The predicted molar refractivity (Wildman–Crippen MR) is 81.6 cm³/mol. The number of hydrogen-bond acceptors (Lipinski definition) is 3. The summed E-state index contributed by atoms with van der Waals surface area (Å²) in [6.45, 7) is 11.2. The van der Waals surface area contributed by atoms with Crippen molar-refractivity contribution in [3.8, 4) is 0 Å². The Hall–Kier alpha value is -0.570. The van der Waals surface area contributed by atoms with Gasteiger partial charge in [-0.3, -0.25) is 4.79 Å². The molecule has 1 heterocycles. The first kappa shape index (κ1) is 17.5. The highest BCUT2D eigenvalue weighted by Gasteiger charge is 2.26. The predicted octanol–water partition coefficient (Wildman–Crippen LogP) is 4.34. The monoisotopic (exact) mass is 284 g/mol. The van der Waals surface area contributed by atoms with E-state index in [9.17, 15) is 4.79 Å². The topological polar surface area (TPSA) is 35.5 Å². The van der Waals surface area contributed by atoms with E-state index in [0.717, 1.165) is 19.4 Å². The molecule has 0 aromatic heterocycles. The lowest BCUT2D eigenvalue weighted by Crippen LogP contribution is -2.24. The average Bonchev–Trinajstić information content (AvgIpc) is 2.77. The third-order valence-electron chi connectivity index (χ3n) is 3.64. The Balaban J connectivity index is 2.32. The smallest absolute Gasteiger partial charge is 0.306 e. The maximum Gasteiger partial charge on any atom is 0.306 e. The summed E-state index contributed by atoms with van der Waals surface area (Å²) >= 11 is 0. The maximum absolute atomic E-state index is 11.7. The summed E-state index contributed by atoms with van der Waals surface area (Å²) in [4.78, 5) is 11.7. The fourth-order valence-electron chi connectivity index (χ4n) is 2.94. The van der Waals surface area contributed by atoms with E-state index >= 15 is 0 Å². The number of hydrogen-bond donors (Lipinski definition) is 0. The van der Waals surface area contributed by atoms with Gasteiger partial charge in [0.1, 0.15) is 5.60 Å². The van der Waals surface area contributed by atoms with Crippen LogP contribution in [0.3, 0.4) is 0 Å². The fourth-order valence-corrected chi connectivity index (χ4v) is 2.94. The van der Waals surface area contributed by atoms with Gasteiger partial charge < -0.3 is 9.47 Å². The lowest BCUT2D eigenvalue weighted by Gasteiger charge is -2.25. The number of ether oxygens (including phenoxy) is 2. The Labute approximate surface area is 124 Å². The van der Waals surface area contributed by atoms with Gasteiger partial charge >= 0.3 is 5.97 Å². The summed E-state index contributed by atoms with van der Waals surface area (Å²) in [7, 11) is 0. The molecule has 2 unspecified atom stereocenters. The van der Waals surface area contributed by atoms with Crippen molar-refractivity contribution in [1.82, 2.24) is 0 Å². The van der Waals surface area contributed by atoms with Gasteiger partial charge in [-0.05, 0) is 64.7 Å². The Morgan fingerprint density at radius 2 is 2.05 bits per heavy atom. The van der Waals surface area contributed by atoms with Gasteiger partial charge in [0.2, 0.25) is 0 Å². The van der Waals surface area contributed by atoms with E-state index in [1.54, 1.807) is 0 Å². The average molecular weight is 284 g/mol. The molecule has 3 nitrogen and oxygen atoms in total. The van der Waals surface area contributed by atoms with Gasteiger partial charge in [0.05, 0.1) is 6.10 Å². The van der Waals surface area contributed by atoms with Crippen LogP contribution in [0.1, 0.15) is 73.1 Å². The third-order valence-corrected chi connectivity index (χ3v) is 3.64. The van der Waals surface area contributed by atoms with Crippen LogP contribution in [0.15, 0.2) is 0 Å². The number of carbonyl (C=O) groups is 1. The first-order valence-corrected chi connectivity index (χ1v) is 8.11. The third kappa shape index (κ3) is 7.28. The molecular weight excluding hydrogens is 252 g/mol. The van der Waals surface area contributed by atoms with Crippen molar-refractivity contribution in [1.29, 1.82) is 0 Å². The first-order valence-electron chi connectivity index (χ1n) is 8.11. The van der Waals surface area contributed by atoms with Crippen LogP contribution in [0.2, 0.25) is 0 Å². The van der Waals surface area contributed by atoms with Gasteiger partial charge in [-0.15, -0.1) is 0 Å². The second-order valence-corrected chi connectivity index (χ2v) is 7.42. The Morgan fingerprint density at radius 1 is 1.35 bits per heavy atom. The molecule has 0 aromatic rings. The molecule has 1 saturated heterocycles. The van der Waals surface area contributed by atoms with Crippen molar-refractivity contribution < 1.29 is 14.3 Å². The number of esters is 1. The zero-order chi connectivity index (χ0) is 15.2. The highest BCUT2D eigenvalue weighted by molar-refractivity contribution is 5.69. The minimum Gasteiger partial charge on any atom is -0.460 e.